The van der Waals surface area contributed by atoms with Crippen LogP contribution in [0.5, 0.6) is 0 Å². The molecule has 7 nitrogen and oxygen atoms in total. The van der Waals surface area contributed by atoms with Crippen molar-refractivity contribution in [2.45, 2.75) is 12.3 Å². The molecular weight excluding hydrogens is 503 g/mol. The van der Waals surface area contributed by atoms with Gasteiger partial charge in [0.05, 0.1) is 17.0 Å². The van der Waals surface area contributed by atoms with Gasteiger partial charge in [-0.15, -0.1) is 0 Å². The third-order valence-electron chi connectivity index (χ3n) is 5.17. The third-order valence-corrected chi connectivity index (χ3v) is 6.54. The third kappa shape index (κ3) is 5.81. The molecule has 0 aromatic heterocycles. The van der Waals surface area contributed by atoms with E-state index in [4.69, 9.17) is 17.3 Å². The van der Waals surface area contributed by atoms with E-state index in [9.17, 15) is 18.8 Å². The lowest BCUT2D eigenvalue weighted by molar-refractivity contribution is -0.112. The summed E-state index contributed by atoms with van der Waals surface area (Å²) in [4.78, 5) is 42.3. The van der Waals surface area contributed by atoms with E-state index in [2.05, 4.69) is 15.6 Å². The topological polar surface area (TPSA) is 114 Å². The van der Waals surface area contributed by atoms with E-state index >= 15 is 0 Å². The van der Waals surface area contributed by atoms with Crippen LogP contribution < -0.4 is 16.4 Å². The molecule has 4 rings (SSSR count). The molecule has 3 aromatic rings. The number of amides is 2. The molecule has 0 fully saturated rings. The molecule has 0 saturated carbocycles. The summed E-state index contributed by atoms with van der Waals surface area (Å²) in [5.41, 5.74) is 8.03. The first-order chi connectivity index (χ1) is 17.2. The molecule has 0 spiro atoms. The van der Waals surface area contributed by atoms with Gasteiger partial charge in [-0.3, -0.25) is 14.4 Å². The molecule has 2 amide bonds. The van der Waals surface area contributed by atoms with Gasteiger partial charge in [-0.2, -0.15) is 0 Å². The molecule has 1 aliphatic rings. The van der Waals surface area contributed by atoms with Crippen molar-refractivity contribution in [3.8, 4) is 0 Å². The molecule has 10 heteroatoms. The first-order valence-electron chi connectivity index (χ1n) is 10.7. The van der Waals surface area contributed by atoms with Crippen molar-refractivity contribution >= 4 is 57.4 Å². The Bertz CT molecular complexity index is 1420. The van der Waals surface area contributed by atoms with Gasteiger partial charge in [-0.05, 0) is 61.5 Å². The maximum atomic E-state index is 13.4. The number of nitrogens with one attached hydrogen (secondary N) is 2. The summed E-state index contributed by atoms with van der Waals surface area (Å²) in [6, 6.07) is 18.3. The van der Waals surface area contributed by atoms with Crippen LogP contribution in [0.3, 0.4) is 0 Å². The minimum Gasteiger partial charge on any atom is -0.399 e. The smallest absolute Gasteiger partial charge is 0.260 e. The number of carbonyl (C=O) groups is 3. The quantitative estimate of drug-likeness (QED) is 0.391. The first kappa shape index (κ1) is 25.2. The fraction of sp³-hybridized carbons (Fsp3) is 0.0769. The van der Waals surface area contributed by atoms with Crippen molar-refractivity contribution in [1.29, 1.82) is 0 Å². The summed E-state index contributed by atoms with van der Waals surface area (Å²) in [6.45, 7) is 1.41. The summed E-state index contributed by atoms with van der Waals surface area (Å²) in [6.07, 6.45) is 0. The minimum atomic E-state index is -0.808. The fourth-order valence-electron chi connectivity index (χ4n) is 3.38. The fourth-order valence-corrected chi connectivity index (χ4v) is 4.69. The van der Waals surface area contributed by atoms with E-state index in [1.54, 1.807) is 42.5 Å². The second-order valence-electron chi connectivity index (χ2n) is 7.80. The van der Waals surface area contributed by atoms with Gasteiger partial charge in [0.1, 0.15) is 16.2 Å². The highest BCUT2D eigenvalue weighted by atomic mass is 35.5. The zero-order valence-corrected chi connectivity index (χ0v) is 20.5. The van der Waals surface area contributed by atoms with Gasteiger partial charge in [0.25, 0.3) is 11.8 Å². The molecule has 0 bridgehead atoms. The van der Waals surface area contributed by atoms with Gasteiger partial charge in [0, 0.05) is 21.8 Å². The van der Waals surface area contributed by atoms with Crippen LogP contribution in [0, 0.1) is 5.82 Å². The highest BCUT2D eigenvalue weighted by molar-refractivity contribution is 8.15. The van der Waals surface area contributed by atoms with Crippen molar-refractivity contribution in [2.75, 3.05) is 5.32 Å². The number of nitrogens with zero attached hydrogens (tertiary/aromatic N) is 1. The molecule has 1 aliphatic heterocycles. The van der Waals surface area contributed by atoms with E-state index in [0.717, 1.165) is 11.8 Å². The number of ketones is 1. The van der Waals surface area contributed by atoms with Crippen LogP contribution in [0.25, 0.3) is 0 Å². The van der Waals surface area contributed by atoms with Crippen LogP contribution in [0.4, 0.5) is 15.8 Å². The average Bonchev–Trinajstić information content (AvgIpc) is 3.15. The lowest BCUT2D eigenvalue weighted by atomic mass is 10.1. The van der Waals surface area contributed by atoms with E-state index in [1.807, 2.05) is 0 Å². The molecule has 0 unspecified atom stereocenters. The molecule has 4 N–H and O–H groups in total. The van der Waals surface area contributed by atoms with E-state index in [1.165, 1.54) is 37.3 Å². The predicted octanol–water partition coefficient (Wildman–Crippen LogP) is 5.07. The monoisotopic (exact) mass is 522 g/mol. The van der Waals surface area contributed by atoms with Crippen LogP contribution >= 0.6 is 23.4 Å². The average molecular weight is 523 g/mol. The van der Waals surface area contributed by atoms with Gasteiger partial charge in [-0.25, -0.2) is 9.38 Å². The number of carbonyl (C=O) groups excluding carboxylic acids is 3. The second-order valence-corrected chi connectivity index (χ2v) is 9.33. The molecule has 1 atom stereocenters. The maximum absolute atomic E-state index is 13.4. The number of benzene rings is 3. The molecule has 36 heavy (non-hydrogen) atoms. The molecule has 1 heterocycles. The number of halogens is 2. The summed E-state index contributed by atoms with van der Waals surface area (Å²) < 4.78 is 13.4. The molecule has 3 aromatic carbocycles. The Morgan fingerprint density at radius 1 is 0.972 bits per heavy atom. The first-order valence-corrected chi connectivity index (χ1v) is 12.0. The normalized spacial score (nSPS) is 16.2. The molecule has 0 saturated heterocycles. The highest BCUT2D eigenvalue weighted by Crippen LogP contribution is 2.34. The summed E-state index contributed by atoms with van der Waals surface area (Å²) in [5.74, 6) is -1.62. The Hall–Kier alpha value is -3.95. The van der Waals surface area contributed by atoms with Crippen molar-refractivity contribution in [3.05, 3.63) is 106 Å². The van der Waals surface area contributed by atoms with Crippen LogP contribution in [0.1, 0.15) is 27.6 Å². The van der Waals surface area contributed by atoms with Crippen LogP contribution in [-0.2, 0) is 4.79 Å². The SMILES string of the molecule is CC(=O)c1cccc(C(=O)N[C@H]2SC(=Nc3ccc(F)cc3)C(C(=O)Nc3cccc(Cl)c3)=C2N)c1. The number of aliphatic imine (C=N–C) groups is 1. The van der Waals surface area contributed by atoms with Gasteiger partial charge in [0.2, 0.25) is 0 Å². The number of hydrogen-bond donors (Lipinski definition) is 3. The second kappa shape index (κ2) is 10.8. The minimum absolute atomic E-state index is 0.0760. The number of nitrogens with two attached hydrogens (primary N) is 1. The van der Waals surface area contributed by atoms with Crippen molar-refractivity contribution in [3.63, 3.8) is 0 Å². The summed E-state index contributed by atoms with van der Waals surface area (Å²) in [7, 11) is 0. The Balaban J connectivity index is 1.65. The Morgan fingerprint density at radius 3 is 2.36 bits per heavy atom. The lowest BCUT2D eigenvalue weighted by Crippen LogP contribution is -2.35. The van der Waals surface area contributed by atoms with Gasteiger partial charge < -0.3 is 16.4 Å². The highest BCUT2D eigenvalue weighted by Gasteiger charge is 2.35. The van der Waals surface area contributed by atoms with E-state index < -0.39 is 23.0 Å². The predicted molar refractivity (Wildman–Crippen MR) is 140 cm³/mol. The molecule has 0 aliphatic carbocycles. The number of thioether (sulfide) groups is 1. The summed E-state index contributed by atoms with van der Waals surface area (Å²) in [5, 5.41) is 5.40. The van der Waals surface area contributed by atoms with Crippen molar-refractivity contribution in [1.82, 2.24) is 5.32 Å². The molecular formula is C26H20ClFN4O3S. The standard InChI is InChI=1S/C26H20ClFN4O3S/c1-14(33)15-4-2-5-16(12-15)23(34)32-26-22(29)21(24(35)30-20-7-3-6-17(27)13-20)25(36-26)31-19-10-8-18(28)9-11-19/h2-13,26H,29H2,1H3,(H,30,35)(H,32,34)/t26-/m0/s1. The van der Waals surface area contributed by atoms with Crippen LogP contribution in [-0.4, -0.2) is 28.0 Å². The van der Waals surface area contributed by atoms with Crippen molar-refractivity contribution < 1.29 is 18.8 Å². The zero-order valence-electron chi connectivity index (χ0n) is 18.9. The van der Waals surface area contributed by atoms with Crippen molar-refractivity contribution in [2.24, 2.45) is 10.7 Å². The number of rotatable bonds is 6. The van der Waals surface area contributed by atoms with Gasteiger partial charge in [0.15, 0.2) is 5.78 Å². The maximum Gasteiger partial charge on any atom is 0.260 e. The number of hydrogen-bond acceptors (Lipinski definition) is 6. The largest absolute Gasteiger partial charge is 0.399 e. The van der Waals surface area contributed by atoms with E-state index in [-0.39, 0.29) is 27.7 Å². The Kier molecular flexibility index (Phi) is 7.52. The molecule has 0 radical (unpaired) electrons. The van der Waals surface area contributed by atoms with Gasteiger partial charge in [-0.1, -0.05) is 41.6 Å². The molecule has 182 valence electrons. The zero-order chi connectivity index (χ0) is 25.8. The van der Waals surface area contributed by atoms with Gasteiger partial charge >= 0.3 is 0 Å². The number of anilines is 1. The summed E-state index contributed by atoms with van der Waals surface area (Å²) >= 11 is 7.09. The lowest BCUT2D eigenvalue weighted by Gasteiger charge is -2.13. The van der Waals surface area contributed by atoms with Crippen LogP contribution in [0.15, 0.2) is 89.1 Å². The van der Waals surface area contributed by atoms with E-state index in [0.29, 0.717) is 22.0 Å². The van der Waals surface area contributed by atoms with Crippen LogP contribution in [0.2, 0.25) is 5.02 Å². The Labute approximate surface area is 215 Å². The Morgan fingerprint density at radius 2 is 1.67 bits per heavy atom. The number of Topliss-reactive ketones (excluding diaryl/α,β-unsaturated/α-hetero) is 1.